The van der Waals surface area contributed by atoms with Gasteiger partial charge >= 0.3 is 0 Å². The van der Waals surface area contributed by atoms with Crippen LogP contribution in [-0.4, -0.2) is 55.5 Å². The van der Waals surface area contributed by atoms with E-state index in [2.05, 4.69) is 54.2 Å². The first kappa shape index (κ1) is 16.6. The number of amides is 1. The summed E-state index contributed by atoms with van der Waals surface area (Å²) in [5, 5.41) is 5.41. The van der Waals surface area contributed by atoms with Gasteiger partial charge in [-0.1, -0.05) is 44.2 Å². The van der Waals surface area contributed by atoms with Crippen LogP contribution in [0, 0.1) is 10.8 Å². The van der Waals surface area contributed by atoms with Gasteiger partial charge < -0.3 is 10.2 Å². The molecule has 2 saturated heterocycles. The molecule has 0 saturated carbocycles. The Morgan fingerprint density at radius 3 is 2.32 bits per heavy atom. The minimum Gasteiger partial charge on any atom is -0.325 e. The molecule has 2 atom stereocenters. The summed E-state index contributed by atoms with van der Waals surface area (Å²) in [6.45, 7) is 9.45. The second-order valence-corrected chi connectivity index (χ2v) is 8.55. The van der Waals surface area contributed by atoms with Crippen molar-refractivity contribution in [2.75, 3.05) is 45.1 Å². The summed E-state index contributed by atoms with van der Waals surface area (Å²) in [6.07, 6.45) is 0. The Labute approximate surface area is 149 Å². The van der Waals surface area contributed by atoms with Crippen molar-refractivity contribution < 1.29 is 4.79 Å². The number of benzene rings is 2. The SMILES string of the molecule is CN1CC2(C)CN(CC(=O)Nc3ccc4ccccc4c3)CC2(C)C1. The predicted octanol–water partition coefficient (Wildman–Crippen LogP) is 3.05. The van der Waals surface area contributed by atoms with Gasteiger partial charge in [0.1, 0.15) is 0 Å². The lowest BCUT2D eigenvalue weighted by atomic mass is 9.71. The molecule has 132 valence electrons. The molecule has 0 aliphatic carbocycles. The summed E-state index contributed by atoms with van der Waals surface area (Å²) < 4.78 is 0. The third-order valence-corrected chi connectivity index (χ3v) is 6.24. The third kappa shape index (κ3) is 2.94. The number of nitrogens with zero attached hydrogens (tertiary/aromatic N) is 2. The average molecular weight is 337 g/mol. The number of likely N-dealkylation sites (tertiary alicyclic amines) is 2. The smallest absolute Gasteiger partial charge is 0.238 e. The topological polar surface area (TPSA) is 35.6 Å². The number of carbonyl (C=O) groups excluding carboxylic acids is 1. The maximum absolute atomic E-state index is 12.5. The number of hydrogen-bond donors (Lipinski definition) is 1. The maximum Gasteiger partial charge on any atom is 0.238 e. The van der Waals surface area contributed by atoms with Crippen LogP contribution in [0.4, 0.5) is 5.69 Å². The Bertz CT molecular complexity index is 800. The first-order valence-corrected chi connectivity index (χ1v) is 9.07. The van der Waals surface area contributed by atoms with Crippen molar-refractivity contribution in [2.24, 2.45) is 10.8 Å². The van der Waals surface area contributed by atoms with Gasteiger partial charge in [0.2, 0.25) is 5.91 Å². The number of nitrogens with one attached hydrogen (secondary N) is 1. The molecule has 2 aromatic rings. The number of hydrogen-bond acceptors (Lipinski definition) is 3. The van der Waals surface area contributed by atoms with Gasteiger partial charge in [0.25, 0.3) is 0 Å². The molecule has 2 heterocycles. The number of fused-ring (bicyclic) bond motifs is 2. The highest BCUT2D eigenvalue weighted by Crippen LogP contribution is 2.50. The average Bonchev–Trinajstić information content (AvgIpc) is 2.88. The van der Waals surface area contributed by atoms with E-state index >= 15 is 0 Å². The molecule has 2 unspecified atom stereocenters. The fourth-order valence-corrected chi connectivity index (χ4v) is 4.94. The summed E-state index contributed by atoms with van der Waals surface area (Å²) in [7, 11) is 2.20. The number of anilines is 1. The zero-order valence-electron chi connectivity index (χ0n) is 15.4. The summed E-state index contributed by atoms with van der Waals surface area (Å²) in [5.74, 6) is 0.0795. The van der Waals surface area contributed by atoms with Crippen molar-refractivity contribution in [1.82, 2.24) is 9.80 Å². The van der Waals surface area contributed by atoms with Crippen LogP contribution in [0.3, 0.4) is 0 Å². The van der Waals surface area contributed by atoms with E-state index in [1.807, 2.05) is 24.3 Å². The van der Waals surface area contributed by atoms with Crippen molar-refractivity contribution in [2.45, 2.75) is 13.8 Å². The molecule has 2 fully saturated rings. The fraction of sp³-hybridized carbons (Fsp3) is 0.476. The van der Waals surface area contributed by atoms with Crippen LogP contribution >= 0.6 is 0 Å². The largest absolute Gasteiger partial charge is 0.325 e. The molecule has 1 N–H and O–H groups in total. The van der Waals surface area contributed by atoms with Gasteiger partial charge in [0, 0.05) is 42.7 Å². The van der Waals surface area contributed by atoms with Crippen molar-refractivity contribution >= 4 is 22.4 Å². The van der Waals surface area contributed by atoms with E-state index in [9.17, 15) is 4.79 Å². The van der Waals surface area contributed by atoms with E-state index in [0.29, 0.717) is 6.54 Å². The summed E-state index contributed by atoms with van der Waals surface area (Å²) in [6, 6.07) is 14.3. The van der Waals surface area contributed by atoms with Gasteiger partial charge in [-0.2, -0.15) is 0 Å². The van der Waals surface area contributed by atoms with Crippen LogP contribution in [0.1, 0.15) is 13.8 Å². The van der Waals surface area contributed by atoms with E-state index in [1.165, 1.54) is 5.39 Å². The Hall–Kier alpha value is -1.91. The van der Waals surface area contributed by atoms with Crippen molar-refractivity contribution in [3.8, 4) is 0 Å². The van der Waals surface area contributed by atoms with Crippen molar-refractivity contribution in [1.29, 1.82) is 0 Å². The molecule has 0 bridgehead atoms. The lowest BCUT2D eigenvalue weighted by molar-refractivity contribution is -0.117. The van der Waals surface area contributed by atoms with Gasteiger partial charge in [-0.15, -0.1) is 0 Å². The van der Waals surface area contributed by atoms with Gasteiger partial charge in [-0.25, -0.2) is 0 Å². The normalized spacial score (nSPS) is 29.9. The summed E-state index contributed by atoms with van der Waals surface area (Å²) in [4.78, 5) is 17.3. The first-order valence-electron chi connectivity index (χ1n) is 9.07. The third-order valence-electron chi connectivity index (χ3n) is 6.24. The molecule has 4 nitrogen and oxygen atoms in total. The zero-order valence-corrected chi connectivity index (χ0v) is 15.4. The van der Waals surface area contributed by atoms with Crippen LogP contribution in [0.5, 0.6) is 0 Å². The van der Waals surface area contributed by atoms with Crippen LogP contribution in [-0.2, 0) is 4.79 Å². The summed E-state index contributed by atoms with van der Waals surface area (Å²) >= 11 is 0. The lowest BCUT2D eigenvalue weighted by Crippen LogP contribution is -2.35. The highest BCUT2D eigenvalue weighted by atomic mass is 16.2. The molecule has 2 aromatic carbocycles. The van der Waals surface area contributed by atoms with E-state index in [-0.39, 0.29) is 16.7 Å². The highest BCUT2D eigenvalue weighted by molar-refractivity contribution is 5.95. The Morgan fingerprint density at radius 2 is 1.64 bits per heavy atom. The minimum absolute atomic E-state index is 0.0795. The van der Waals surface area contributed by atoms with Gasteiger partial charge in [-0.05, 0) is 30.0 Å². The lowest BCUT2D eigenvalue weighted by Gasteiger charge is -2.31. The Morgan fingerprint density at radius 1 is 1.00 bits per heavy atom. The van der Waals surface area contributed by atoms with E-state index in [4.69, 9.17) is 0 Å². The van der Waals surface area contributed by atoms with Gasteiger partial charge in [0.15, 0.2) is 0 Å². The minimum atomic E-state index is 0.0795. The monoisotopic (exact) mass is 337 g/mol. The first-order chi connectivity index (χ1) is 11.9. The molecule has 2 aliphatic rings. The van der Waals surface area contributed by atoms with Crippen LogP contribution in [0.2, 0.25) is 0 Å². The Balaban J connectivity index is 1.41. The van der Waals surface area contributed by atoms with E-state index in [0.717, 1.165) is 37.3 Å². The van der Waals surface area contributed by atoms with Gasteiger partial charge in [-0.3, -0.25) is 9.69 Å². The van der Waals surface area contributed by atoms with Gasteiger partial charge in [0.05, 0.1) is 6.54 Å². The summed E-state index contributed by atoms with van der Waals surface area (Å²) in [5.41, 5.74) is 1.44. The molecule has 1 amide bonds. The molecule has 2 aliphatic heterocycles. The highest BCUT2D eigenvalue weighted by Gasteiger charge is 2.56. The standard InChI is InChI=1S/C21H27N3O/c1-20-12-23(3)13-21(20,2)15-24(14-20)11-19(25)22-18-9-8-16-6-4-5-7-17(16)10-18/h4-10H,11-15H2,1-3H3,(H,22,25). The van der Waals surface area contributed by atoms with Crippen LogP contribution < -0.4 is 5.32 Å². The fourth-order valence-electron chi connectivity index (χ4n) is 4.94. The maximum atomic E-state index is 12.5. The Kier molecular flexibility index (Phi) is 3.85. The van der Waals surface area contributed by atoms with Crippen molar-refractivity contribution in [3.63, 3.8) is 0 Å². The molecule has 0 spiro atoms. The van der Waals surface area contributed by atoms with Crippen LogP contribution in [0.15, 0.2) is 42.5 Å². The number of rotatable bonds is 3. The molecule has 25 heavy (non-hydrogen) atoms. The molecular weight excluding hydrogens is 310 g/mol. The van der Waals surface area contributed by atoms with Crippen LogP contribution in [0.25, 0.3) is 10.8 Å². The second-order valence-electron chi connectivity index (χ2n) is 8.55. The van der Waals surface area contributed by atoms with E-state index < -0.39 is 0 Å². The predicted molar refractivity (Wildman–Crippen MR) is 103 cm³/mol. The molecule has 0 aromatic heterocycles. The molecule has 4 heteroatoms. The van der Waals surface area contributed by atoms with E-state index in [1.54, 1.807) is 0 Å². The molecular formula is C21H27N3O. The molecule has 4 rings (SSSR count). The zero-order chi connectivity index (χ0) is 17.7. The quantitative estimate of drug-likeness (QED) is 0.935. The number of carbonyl (C=O) groups is 1. The second kappa shape index (κ2) is 5.82. The molecule has 0 radical (unpaired) electrons. The van der Waals surface area contributed by atoms with Crippen molar-refractivity contribution in [3.05, 3.63) is 42.5 Å².